The van der Waals surface area contributed by atoms with Gasteiger partial charge < -0.3 is 4.74 Å². The first-order valence-corrected chi connectivity index (χ1v) is 6.43. The third-order valence-electron chi connectivity index (χ3n) is 2.39. The average Bonchev–Trinajstić information content (AvgIpc) is 2.71. The molecule has 0 aliphatic heterocycles. The van der Waals surface area contributed by atoms with Crippen LogP contribution in [0.3, 0.4) is 0 Å². The van der Waals surface area contributed by atoms with Crippen LogP contribution in [0.25, 0.3) is 0 Å². The molecule has 2 aromatic heterocycles. The Morgan fingerprint density at radius 2 is 2.12 bits per heavy atom. The summed E-state index contributed by atoms with van der Waals surface area (Å²) >= 11 is 7.52. The highest BCUT2D eigenvalue weighted by molar-refractivity contribution is 7.09. The van der Waals surface area contributed by atoms with E-state index in [9.17, 15) is 0 Å². The van der Waals surface area contributed by atoms with Crippen molar-refractivity contribution in [3.05, 3.63) is 33.1 Å². The molecule has 0 aliphatic rings. The first-order valence-electron chi connectivity index (χ1n) is 5.17. The largest absolute Gasteiger partial charge is 0.477 e. The van der Waals surface area contributed by atoms with E-state index in [1.165, 1.54) is 11.2 Å². The SMILES string of the molecule is Cc1ncsc1CCOc1ncnc(Cl)c1C. The highest BCUT2D eigenvalue weighted by Gasteiger charge is 2.07. The van der Waals surface area contributed by atoms with Gasteiger partial charge in [-0.2, -0.15) is 0 Å². The molecule has 0 unspecified atom stereocenters. The Balaban J connectivity index is 1.95. The molecular formula is C11H12ClN3OS. The van der Waals surface area contributed by atoms with E-state index in [1.54, 1.807) is 11.3 Å². The fraction of sp³-hybridized carbons (Fsp3) is 0.364. The molecule has 2 aromatic rings. The van der Waals surface area contributed by atoms with Gasteiger partial charge in [-0.05, 0) is 13.8 Å². The number of hydrogen-bond donors (Lipinski definition) is 0. The third kappa shape index (κ3) is 2.92. The van der Waals surface area contributed by atoms with Gasteiger partial charge in [0.25, 0.3) is 0 Å². The van der Waals surface area contributed by atoms with E-state index in [0.717, 1.165) is 17.7 Å². The van der Waals surface area contributed by atoms with Crippen LogP contribution in [0, 0.1) is 13.8 Å². The Morgan fingerprint density at radius 1 is 1.29 bits per heavy atom. The highest BCUT2D eigenvalue weighted by Crippen LogP contribution is 2.20. The maximum atomic E-state index is 5.88. The molecule has 2 rings (SSSR count). The van der Waals surface area contributed by atoms with E-state index in [0.29, 0.717) is 17.6 Å². The summed E-state index contributed by atoms with van der Waals surface area (Å²) in [5.74, 6) is 0.548. The lowest BCUT2D eigenvalue weighted by Gasteiger charge is -2.07. The topological polar surface area (TPSA) is 47.9 Å². The summed E-state index contributed by atoms with van der Waals surface area (Å²) in [6.07, 6.45) is 2.24. The minimum atomic E-state index is 0.434. The first-order chi connectivity index (χ1) is 8.18. The monoisotopic (exact) mass is 269 g/mol. The van der Waals surface area contributed by atoms with Gasteiger partial charge in [0.05, 0.1) is 17.8 Å². The molecule has 0 N–H and O–H groups in total. The molecule has 0 aliphatic carbocycles. The predicted molar refractivity (Wildman–Crippen MR) is 67.8 cm³/mol. The van der Waals surface area contributed by atoms with E-state index in [-0.39, 0.29) is 0 Å². The van der Waals surface area contributed by atoms with Crippen molar-refractivity contribution in [2.24, 2.45) is 0 Å². The molecule has 90 valence electrons. The van der Waals surface area contributed by atoms with Crippen molar-refractivity contribution < 1.29 is 4.74 Å². The van der Waals surface area contributed by atoms with Crippen LogP contribution in [-0.2, 0) is 6.42 Å². The molecule has 2 heterocycles. The molecule has 0 aromatic carbocycles. The van der Waals surface area contributed by atoms with Crippen LogP contribution in [-0.4, -0.2) is 21.6 Å². The van der Waals surface area contributed by atoms with Gasteiger partial charge in [-0.25, -0.2) is 15.0 Å². The van der Waals surface area contributed by atoms with Crippen molar-refractivity contribution in [2.75, 3.05) is 6.61 Å². The molecular weight excluding hydrogens is 258 g/mol. The second-order valence-corrected chi connectivity index (χ2v) is 4.85. The molecule has 0 amide bonds. The van der Waals surface area contributed by atoms with Gasteiger partial charge in [-0.1, -0.05) is 11.6 Å². The van der Waals surface area contributed by atoms with E-state index in [4.69, 9.17) is 16.3 Å². The zero-order chi connectivity index (χ0) is 12.3. The smallest absolute Gasteiger partial charge is 0.220 e. The fourth-order valence-electron chi connectivity index (χ4n) is 1.37. The summed E-state index contributed by atoms with van der Waals surface area (Å²) in [7, 11) is 0. The Bertz CT molecular complexity index is 515. The normalized spacial score (nSPS) is 10.5. The van der Waals surface area contributed by atoms with Crippen LogP contribution < -0.4 is 4.74 Å². The lowest BCUT2D eigenvalue weighted by atomic mass is 10.3. The van der Waals surface area contributed by atoms with E-state index < -0.39 is 0 Å². The summed E-state index contributed by atoms with van der Waals surface area (Å²) < 4.78 is 5.59. The van der Waals surface area contributed by atoms with Crippen molar-refractivity contribution in [1.82, 2.24) is 15.0 Å². The molecule has 0 radical (unpaired) electrons. The summed E-state index contributed by atoms with van der Waals surface area (Å²) in [4.78, 5) is 13.4. The van der Waals surface area contributed by atoms with Crippen molar-refractivity contribution in [2.45, 2.75) is 20.3 Å². The van der Waals surface area contributed by atoms with E-state index in [1.807, 2.05) is 19.4 Å². The second-order valence-electron chi connectivity index (χ2n) is 3.55. The maximum Gasteiger partial charge on any atom is 0.220 e. The van der Waals surface area contributed by atoms with Crippen LogP contribution >= 0.6 is 22.9 Å². The van der Waals surface area contributed by atoms with Crippen LogP contribution in [0.2, 0.25) is 5.15 Å². The van der Waals surface area contributed by atoms with Gasteiger partial charge in [0.2, 0.25) is 5.88 Å². The Kier molecular flexibility index (Phi) is 3.91. The quantitative estimate of drug-likeness (QED) is 0.801. The Hall–Kier alpha value is -1.20. The molecule has 0 saturated heterocycles. The van der Waals surface area contributed by atoms with Crippen molar-refractivity contribution in [1.29, 1.82) is 0 Å². The number of nitrogens with zero attached hydrogens (tertiary/aromatic N) is 3. The standard InChI is InChI=1S/C11H12ClN3OS/c1-7-10(12)13-5-14-11(7)16-4-3-9-8(2)15-6-17-9/h5-6H,3-4H2,1-2H3. The zero-order valence-electron chi connectivity index (χ0n) is 9.61. The number of rotatable bonds is 4. The second kappa shape index (κ2) is 5.42. The van der Waals surface area contributed by atoms with Crippen LogP contribution in [0.4, 0.5) is 0 Å². The third-order valence-corrected chi connectivity index (χ3v) is 3.77. The van der Waals surface area contributed by atoms with Gasteiger partial charge in [0.1, 0.15) is 11.5 Å². The van der Waals surface area contributed by atoms with Gasteiger partial charge in [0.15, 0.2) is 0 Å². The lowest BCUT2D eigenvalue weighted by molar-refractivity contribution is 0.307. The van der Waals surface area contributed by atoms with Gasteiger partial charge in [-0.15, -0.1) is 11.3 Å². The molecule has 4 nitrogen and oxygen atoms in total. The summed E-state index contributed by atoms with van der Waals surface area (Å²) in [6, 6.07) is 0. The maximum absolute atomic E-state index is 5.88. The molecule has 0 fully saturated rings. The number of halogens is 1. The number of aromatic nitrogens is 3. The van der Waals surface area contributed by atoms with Crippen LogP contribution in [0.15, 0.2) is 11.8 Å². The van der Waals surface area contributed by atoms with E-state index in [2.05, 4.69) is 15.0 Å². The Morgan fingerprint density at radius 3 is 2.82 bits per heavy atom. The number of ether oxygens (including phenoxy) is 1. The van der Waals surface area contributed by atoms with Gasteiger partial charge >= 0.3 is 0 Å². The highest BCUT2D eigenvalue weighted by atomic mass is 35.5. The first kappa shape index (κ1) is 12.3. The molecule has 17 heavy (non-hydrogen) atoms. The average molecular weight is 270 g/mol. The van der Waals surface area contributed by atoms with Crippen molar-refractivity contribution in [3.8, 4) is 5.88 Å². The number of thiazole rings is 1. The van der Waals surface area contributed by atoms with Gasteiger partial charge in [-0.3, -0.25) is 0 Å². The fourth-order valence-corrected chi connectivity index (χ4v) is 2.25. The number of hydrogen-bond acceptors (Lipinski definition) is 5. The van der Waals surface area contributed by atoms with Crippen molar-refractivity contribution >= 4 is 22.9 Å². The molecule has 0 bridgehead atoms. The minimum absolute atomic E-state index is 0.434. The molecule has 6 heteroatoms. The van der Waals surface area contributed by atoms with Crippen LogP contribution in [0.5, 0.6) is 5.88 Å². The predicted octanol–water partition coefficient (Wildman–Crippen LogP) is 2.82. The summed E-state index contributed by atoms with van der Waals surface area (Å²) in [6.45, 7) is 4.41. The summed E-state index contributed by atoms with van der Waals surface area (Å²) in [5, 5.41) is 0.434. The van der Waals surface area contributed by atoms with Crippen molar-refractivity contribution in [3.63, 3.8) is 0 Å². The van der Waals surface area contributed by atoms with Crippen LogP contribution in [0.1, 0.15) is 16.1 Å². The lowest BCUT2D eigenvalue weighted by Crippen LogP contribution is -2.04. The molecule has 0 spiro atoms. The Labute approximate surface area is 109 Å². The summed E-state index contributed by atoms with van der Waals surface area (Å²) in [5.41, 5.74) is 3.68. The molecule has 0 atom stereocenters. The van der Waals surface area contributed by atoms with Gasteiger partial charge in [0, 0.05) is 16.9 Å². The molecule has 0 saturated carbocycles. The minimum Gasteiger partial charge on any atom is -0.477 e. The number of aryl methyl sites for hydroxylation is 1. The van der Waals surface area contributed by atoms with E-state index >= 15 is 0 Å². The zero-order valence-corrected chi connectivity index (χ0v) is 11.2.